The van der Waals surface area contributed by atoms with Crippen molar-refractivity contribution in [3.8, 4) is 0 Å². The van der Waals surface area contributed by atoms with Gasteiger partial charge in [-0.15, -0.1) is 11.3 Å². The van der Waals surface area contributed by atoms with E-state index < -0.39 is 5.97 Å². The van der Waals surface area contributed by atoms with Crippen LogP contribution in [0.2, 0.25) is 0 Å². The lowest BCUT2D eigenvalue weighted by molar-refractivity contribution is -0.117. The van der Waals surface area contributed by atoms with Crippen LogP contribution in [0, 0.1) is 6.92 Å². The second kappa shape index (κ2) is 6.97. The predicted molar refractivity (Wildman–Crippen MR) is 91.7 cm³/mol. The van der Waals surface area contributed by atoms with Crippen LogP contribution in [-0.4, -0.2) is 30.8 Å². The van der Waals surface area contributed by atoms with Gasteiger partial charge in [-0.3, -0.25) is 9.59 Å². The summed E-state index contributed by atoms with van der Waals surface area (Å²) in [6.45, 7) is 2.20. The van der Waals surface area contributed by atoms with Gasteiger partial charge in [0.2, 0.25) is 11.7 Å². The number of Topliss-reactive ketones (excluding diaryl/α,β-unsaturated/α-hetero) is 1. The van der Waals surface area contributed by atoms with Crippen molar-refractivity contribution in [1.82, 2.24) is 0 Å². The maximum atomic E-state index is 12.4. The molecule has 2 heterocycles. The van der Waals surface area contributed by atoms with Crippen molar-refractivity contribution in [3.63, 3.8) is 0 Å². The molecule has 1 aromatic heterocycles. The Bertz CT molecular complexity index is 796. The zero-order valence-electron chi connectivity index (χ0n) is 13.3. The number of carbonyl (C=O) groups is 3. The molecule has 0 spiro atoms. The molecular weight excluding hydrogens is 326 g/mol. The summed E-state index contributed by atoms with van der Waals surface area (Å²) in [5.74, 6) is -0.816. The molecule has 3 rings (SSSR count). The summed E-state index contributed by atoms with van der Waals surface area (Å²) in [4.78, 5) is 39.5. The number of carbonyl (C=O) groups excluding carboxylic acids is 3. The predicted octanol–water partition coefficient (Wildman–Crippen LogP) is 3.22. The number of ether oxygens (including phenoxy) is 1. The molecule has 0 radical (unpaired) electrons. The van der Waals surface area contributed by atoms with Crippen LogP contribution in [-0.2, 0) is 9.53 Å². The summed E-state index contributed by atoms with van der Waals surface area (Å²) >= 11 is 1.37. The summed E-state index contributed by atoms with van der Waals surface area (Å²) in [6, 6.07) is 10.4. The number of ketones is 1. The number of hydrogen-bond acceptors (Lipinski definition) is 5. The van der Waals surface area contributed by atoms with Gasteiger partial charge < -0.3 is 9.64 Å². The van der Waals surface area contributed by atoms with E-state index >= 15 is 0 Å². The molecule has 0 atom stereocenters. The lowest BCUT2D eigenvalue weighted by atomic mass is 10.1. The summed E-state index contributed by atoms with van der Waals surface area (Å²) in [5.41, 5.74) is 0.854. The first-order chi connectivity index (χ1) is 11.6. The Morgan fingerprint density at radius 2 is 2.00 bits per heavy atom. The third-order valence-electron chi connectivity index (χ3n) is 3.84. The highest BCUT2D eigenvalue weighted by molar-refractivity contribution is 7.14. The molecule has 1 aliphatic rings. The van der Waals surface area contributed by atoms with Crippen molar-refractivity contribution < 1.29 is 19.1 Å². The van der Waals surface area contributed by atoms with Crippen molar-refractivity contribution >= 4 is 34.7 Å². The Morgan fingerprint density at radius 3 is 2.67 bits per heavy atom. The summed E-state index contributed by atoms with van der Waals surface area (Å²) in [6.07, 6.45) is 1.26. The lowest BCUT2D eigenvalue weighted by Gasteiger charge is -2.18. The number of nitrogens with zero attached hydrogens (tertiary/aromatic N) is 1. The van der Waals surface area contributed by atoms with Gasteiger partial charge in [0.15, 0.2) is 6.61 Å². The molecule has 1 saturated heterocycles. The molecule has 24 heavy (non-hydrogen) atoms. The molecule has 1 aromatic carbocycles. The van der Waals surface area contributed by atoms with Gasteiger partial charge in [0, 0.05) is 17.8 Å². The van der Waals surface area contributed by atoms with E-state index in [4.69, 9.17) is 4.74 Å². The average Bonchev–Trinajstić information content (AvgIpc) is 3.20. The summed E-state index contributed by atoms with van der Waals surface area (Å²) < 4.78 is 5.17. The molecule has 5 nitrogen and oxygen atoms in total. The highest BCUT2D eigenvalue weighted by Crippen LogP contribution is 2.26. The number of aryl methyl sites for hydroxylation is 1. The maximum absolute atomic E-state index is 12.4. The van der Waals surface area contributed by atoms with Crippen molar-refractivity contribution in [1.29, 1.82) is 0 Å². The van der Waals surface area contributed by atoms with Crippen LogP contribution in [0.15, 0.2) is 36.4 Å². The fourth-order valence-electron chi connectivity index (χ4n) is 2.65. The topological polar surface area (TPSA) is 63.7 Å². The lowest BCUT2D eigenvalue weighted by Crippen LogP contribution is -2.26. The van der Waals surface area contributed by atoms with E-state index in [0.29, 0.717) is 29.1 Å². The van der Waals surface area contributed by atoms with Crippen LogP contribution in [0.1, 0.15) is 37.7 Å². The molecule has 2 aromatic rings. The van der Waals surface area contributed by atoms with Crippen LogP contribution in [0.3, 0.4) is 0 Å². The van der Waals surface area contributed by atoms with E-state index in [1.165, 1.54) is 11.3 Å². The first-order valence-electron chi connectivity index (χ1n) is 7.72. The van der Waals surface area contributed by atoms with Crippen molar-refractivity contribution in [2.75, 3.05) is 18.1 Å². The zero-order valence-corrected chi connectivity index (χ0v) is 14.1. The van der Waals surface area contributed by atoms with Crippen LogP contribution in [0.25, 0.3) is 0 Å². The number of esters is 1. The van der Waals surface area contributed by atoms with Gasteiger partial charge in [0.25, 0.3) is 0 Å². The number of benzene rings is 1. The fourth-order valence-corrected chi connectivity index (χ4v) is 3.44. The number of anilines is 1. The third-order valence-corrected chi connectivity index (χ3v) is 4.88. The number of para-hydroxylation sites is 1. The van der Waals surface area contributed by atoms with Gasteiger partial charge in [0.1, 0.15) is 0 Å². The summed E-state index contributed by atoms with van der Waals surface area (Å²) in [7, 11) is 0. The van der Waals surface area contributed by atoms with Gasteiger partial charge in [-0.2, -0.15) is 0 Å². The first kappa shape index (κ1) is 16.4. The Kier molecular flexibility index (Phi) is 4.76. The maximum Gasteiger partial charge on any atom is 0.340 e. The van der Waals surface area contributed by atoms with Gasteiger partial charge >= 0.3 is 5.97 Å². The number of hydrogen-bond donors (Lipinski definition) is 0. The van der Waals surface area contributed by atoms with E-state index in [2.05, 4.69) is 0 Å². The van der Waals surface area contributed by atoms with Crippen molar-refractivity contribution in [3.05, 3.63) is 51.7 Å². The fraction of sp³-hybridized carbons (Fsp3) is 0.278. The quantitative estimate of drug-likeness (QED) is 0.618. The van der Waals surface area contributed by atoms with E-state index in [-0.39, 0.29) is 18.3 Å². The molecule has 0 N–H and O–H groups in total. The molecule has 1 aliphatic heterocycles. The minimum Gasteiger partial charge on any atom is -0.454 e. The first-order valence-corrected chi connectivity index (χ1v) is 8.54. The van der Waals surface area contributed by atoms with Gasteiger partial charge in [0.05, 0.1) is 16.1 Å². The van der Waals surface area contributed by atoms with Crippen molar-refractivity contribution in [2.24, 2.45) is 0 Å². The highest BCUT2D eigenvalue weighted by atomic mass is 32.1. The second-order valence-electron chi connectivity index (χ2n) is 5.58. The molecule has 0 bridgehead atoms. The largest absolute Gasteiger partial charge is 0.454 e. The number of thiophene rings is 1. The van der Waals surface area contributed by atoms with E-state index in [0.717, 1.165) is 11.3 Å². The van der Waals surface area contributed by atoms with Crippen LogP contribution < -0.4 is 4.90 Å². The van der Waals surface area contributed by atoms with Crippen LogP contribution >= 0.6 is 11.3 Å². The minimum absolute atomic E-state index is 0.000358. The standard InChI is InChI=1S/C18H17NO4S/c1-12-8-9-16(24-12)15(20)11-23-18(22)13-5-2-3-6-14(13)19-10-4-7-17(19)21/h2-3,5-6,8-9H,4,7,10-11H2,1H3. The zero-order chi connectivity index (χ0) is 17.1. The minimum atomic E-state index is -0.591. The highest BCUT2D eigenvalue weighted by Gasteiger charge is 2.26. The van der Waals surface area contributed by atoms with Crippen LogP contribution in [0.4, 0.5) is 5.69 Å². The number of amides is 1. The Hall–Kier alpha value is -2.47. The molecule has 0 aliphatic carbocycles. The van der Waals surface area contributed by atoms with E-state index in [9.17, 15) is 14.4 Å². The molecule has 0 saturated carbocycles. The molecule has 124 valence electrons. The van der Waals surface area contributed by atoms with Gasteiger partial charge in [-0.05, 0) is 37.6 Å². The molecule has 0 unspecified atom stereocenters. The van der Waals surface area contributed by atoms with Crippen molar-refractivity contribution in [2.45, 2.75) is 19.8 Å². The van der Waals surface area contributed by atoms with E-state index in [1.54, 1.807) is 35.2 Å². The average molecular weight is 343 g/mol. The molecule has 6 heteroatoms. The Balaban J connectivity index is 1.71. The Labute approximate surface area is 143 Å². The molecular formula is C18H17NO4S. The SMILES string of the molecule is Cc1ccc(C(=O)COC(=O)c2ccccc2N2CCCC2=O)s1. The Morgan fingerprint density at radius 1 is 1.21 bits per heavy atom. The second-order valence-corrected chi connectivity index (χ2v) is 6.86. The number of rotatable bonds is 5. The smallest absolute Gasteiger partial charge is 0.340 e. The van der Waals surface area contributed by atoms with Gasteiger partial charge in [-0.1, -0.05) is 12.1 Å². The molecule has 1 amide bonds. The van der Waals surface area contributed by atoms with Crippen LogP contribution in [0.5, 0.6) is 0 Å². The van der Waals surface area contributed by atoms with Gasteiger partial charge in [-0.25, -0.2) is 4.79 Å². The third kappa shape index (κ3) is 3.38. The monoisotopic (exact) mass is 343 g/mol. The normalized spacial score (nSPS) is 14.0. The van der Waals surface area contributed by atoms with E-state index in [1.807, 2.05) is 13.0 Å². The molecule has 1 fully saturated rings. The summed E-state index contributed by atoms with van der Waals surface area (Å²) in [5, 5.41) is 0.